The van der Waals surface area contributed by atoms with Crippen molar-refractivity contribution in [1.82, 2.24) is 20.0 Å². The predicted octanol–water partition coefficient (Wildman–Crippen LogP) is 3.22. The largest absolute Gasteiger partial charge is 0.379 e. The molecule has 0 saturated carbocycles. The van der Waals surface area contributed by atoms with Crippen molar-refractivity contribution in [3.8, 4) is 16.9 Å². The number of hydrogen-bond donors (Lipinski definition) is 1. The first kappa shape index (κ1) is 20.3. The number of carbonyl (C=O) groups excluding carboxylic acids is 1. The average molecular weight is 405 g/mol. The van der Waals surface area contributed by atoms with E-state index in [2.05, 4.69) is 42.3 Å². The van der Waals surface area contributed by atoms with Gasteiger partial charge < -0.3 is 10.1 Å². The summed E-state index contributed by atoms with van der Waals surface area (Å²) >= 11 is 0. The second-order valence-corrected chi connectivity index (χ2v) is 7.67. The highest BCUT2D eigenvalue weighted by atomic mass is 16.5. The number of rotatable bonds is 6. The Hall–Kier alpha value is -2.96. The minimum Gasteiger partial charge on any atom is -0.379 e. The molecule has 4 rings (SSSR count). The van der Waals surface area contributed by atoms with Crippen molar-refractivity contribution in [2.75, 3.05) is 39.4 Å². The number of hydrogen-bond acceptors (Lipinski definition) is 4. The lowest BCUT2D eigenvalue weighted by Gasteiger charge is -2.26. The maximum absolute atomic E-state index is 13.0. The summed E-state index contributed by atoms with van der Waals surface area (Å²) in [4.78, 5) is 15.3. The van der Waals surface area contributed by atoms with Crippen molar-refractivity contribution in [3.63, 3.8) is 0 Å². The van der Waals surface area contributed by atoms with E-state index < -0.39 is 0 Å². The van der Waals surface area contributed by atoms with Crippen LogP contribution < -0.4 is 5.32 Å². The van der Waals surface area contributed by atoms with Crippen molar-refractivity contribution in [2.45, 2.75) is 13.8 Å². The van der Waals surface area contributed by atoms with E-state index in [1.165, 1.54) is 11.1 Å². The molecule has 0 aliphatic carbocycles. The molecule has 156 valence electrons. The Labute approximate surface area is 177 Å². The molecule has 0 bridgehead atoms. The van der Waals surface area contributed by atoms with Gasteiger partial charge in [-0.3, -0.25) is 9.69 Å². The molecule has 1 aliphatic heterocycles. The summed E-state index contributed by atoms with van der Waals surface area (Å²) in [6, 6.07) is 17.9. The molecule has 1 aliphatic rings. The van der Waals surface area contributed by atoms with Gasteiger partial charge in [-0.2, -0.15) is 5.10 Å². The van der Waals surface area contributed by atoms with Gasteiger partial charge in [0, 0.05) is 31.7 Å². The minimum atomic E-state index is -0.116. The maximum Gasteiger partial charge on any atom is 0.270 e. The van der Waals surface area contributed by atoms with Crippen LogP contribution in [0, 0.1) is 13.8 Å². The van der Waals surface area contributed by atoms with E-state index in [1.54, 1.807) is 4.68 Å². The number of aryl methyl sites for hydroxylation is 2. The SMILES string of the molecule is Cc1ccc(-c2cc(C(=O)NCCN3CCOCC3)n(-c3ccccc3)n2)cc1C. The summed E-state index contributed by atoms with van der Waals surface area (Å²) in [6.45, 7) is 8.93. The van der Waals surface area contributed by atoms with Gasteiger partial charge in [-0.15, -0.1) is 0 Å². The molecule has 6 heteroatoms. The van der Waals surface area contributed by atoms with Gasteiger partial charge in [0.15, 0.2) is 0 Å². The zero-order valence-electron chi connectivity index (χ0n) is 17.6. The van der Waals surface area contributed by atoms with Crippen LogP contribution in [0.3, 0.4) is 0 Å². The molecule has 1 aromatic heterocycles. The number of para-hydroxylation sites is 1. The lowest BCUT2D eigenvalue weighted by Crippen LogP contribution is -2.41. The fraction of sp³-hybridized carbons (Fsp3) is 0.333. The van der Waals surface area contributed by atoms with Crippen molar-refractivity contribution >= 4 is 5.91 Å². The molecule has 1 amide bonds. The molecule has 6 nitrogen and oxygen atoms in total. The fourth-order valence-electron chi connectivity index (χ4n) is 3.59. The van der Waals surface area contributed by atoms with Gasteiger partial charge in [0.25, 0.3) is 5.91 Å². The number of benzene rings is 2. The first-order valence-corrected chi connectivity index (χ1v) is 10.4. The summed E-state index contributed by atoms with van der Waals surface area (Å²) in [5.74, 6) is -0.116. The third-order valence-corrected chi connectivity index (χ3v) is 5.56. The van der Waals surface area contributed by atoms with E-state index in [0.717, 1.165) is 49.8 Å². The highest BCUT2D eigenvalue weighted by molar-refractivity contribution is 5.94. The van der Waals surface area contributed by atoms with Gasteiger partial charge in [-0.25, -0.2) is 4.68 Å². The van der Waals surface area contributed by atoms with Gasteiger partial charge in [-0.05, 0) is 49.2 Å². The minimum absolute atomic E-state index is 0.116. The zero-order chi connectivity index (χ0) is 20.9. The quantitative estimate of drug-likeness (QED) is 0.685. The van der Waals surface area contributed by atoms with E-state index in [-0.39, 0.29) is 5.91 Å². The molecule has 0 spiro atoms. The number of aromatic nitrogens is 2. The van der Waals surface area contributed by atoms with Crippen molar-refractivity contribution in [3.05, 3.63) is 71.4 Å². The number of nitrogens with zero attached hydrogens (tertiary/aromatic N) is 3. The first-order valence-electron chi connectivity index (χ1n) is 10.4. The first-order chi connectivity index (χ1) is 14.6. The monoisotopic (exact) mass is 404 g/mol. The van der Waals surface area contributed by atoms with E-state index in [4.69, 9.17) is 9.84 Å². The molecule has 1 N–H and O–H groups in total. The van der Waals surface area contributed by atoms with Gasteiger partial charge in [0.1, 0.15) is 5.69 Å². The Morgan fingerprint density at radius 1 is 1.03 bits per heavy atom. The summed E-state index contributed by atoms with van der Waals surface area (Å²) in [7, 11) is 0. The highest BCUT2D eigenvalue weighted by Crippen LogP contribution is 2.24. The van der Waals surface area contributed by atoms with Crippen LogP contribution in [-0.2, 0) is 4.74 Å². The summed E-state index contributed by atoms with van der Waals surface area (Å²) in [5.41, 5.74) is 5.65. The maximum atomic E-state index is 13.0. The molecule has 0 atom stereocenters. The Morgan fingerprint density at radius 2 is 1.80 bits per heavy atom. The average Bonchev–Trinajstić information content (AvgIpc) is 3.23. The molecule has 1 saturated heterocycles. The smallest absolute Gasteiger partial charge is 0.270 e. The molecular formula is C24H28N4O2. The van der Waals surface area contributed by atoms with Crippen molar-refractivity contribution in [2.24, 2.45) is 0 Å². The predicted molar refractivity (Wildman–Crippen MR) is 118 cm³/mol. The summed E-state index contributed by atoms with van der Waals surface area (Å²) in [6.07, 6.45) is 0. The molecule has 1 fully saturated rings. The Kier molecular flexibility index (Phi) is 6.26. The second kappa shape index (κ2) is 9.24. The van der Waals surface area contributed by atoms with Gasteiger partial charge >= 0.3 is 0 Å². The lowest BCUT2D eigenvalue weighted by atomic mass is 10.0. The molecule has 3 aromatic rings. The number of morpholine rings is 1. The van der Waals surface area contributed by atoms with Crippen LogP contribution >= 0.6 is 0 Å². The molecular weight excluding hydrogens is 376 g/mol. The standard InChI is InChI=1S/C24H28N4O2/c1-18-8-9-20(16-19(18)2)22-17-23(28(26-22)21-6-4-3-5-7-21)24(29)25-10-11-27-12-14-30-15-13-27/h3-9,16-17H,10-15H2,1-2H3,(H,25,29). The van der Waals surface area contributed by atoms with Gasteiger partial charge in [-0.1, -0.05) is 30.3 Å². The summed E-state index contributed by atoms with van der Waals surface area (Å²) < 4.78 is 7.11. The number of nitrogens with one attached hydrogen (secondary N) is 1. The Balaban J connectivity index is 1.57. The third-order valence-electron chi connectivity index (χ3n) is 5.56. The fourth-order valence-corrected chi connectivity index (χ4v) is 3.59. The van der Waals surface area contributed by atoms with Crippen LogP contribution in [0.15, 0.2) is 54.6 Å². The molecule has 2 heterocycles. The van der Waals surface area contributed by atoms with Crippen LogP contribution in [0.2, 0.25) is 0 Å². The molecule has 0 radical (unpaired) electrons. The number of amides is 1. The van der Waals surface area contributed by atoms with E-state index in [9.17, 15) is 4.79 Å². The lowest BCUT2D eigenvalue weighted by molar-refractivity contribution is 0.0383. The number of ether oxygens (including phenoxy) is 1. The summed E-state index contributed by atoms with van der Waals surface area (Å²) in [5, 5.41) is 7.83. The third kappa shape index (κ3) is 4.61. The zero-order valence-corrected chi connectivity index (χ0v) is 17.6. The van der Waals surface area contributed by atoms with Crippen LogP contribution in [0.4, 0.5) is 0 Å². The van der Waals surface area contributed by atoms with E-state index in [0.29, 0.717) is 12.2 Å². The van der Waals surface area contributed by atoms with E-state index in [1.807, 2.05) is 36.4 Å². The van der Waals surface area contributed by atoms with Crippen LogP contribution in [0.25, 0.3) is 16.9 Å². The van der Waals surface area contributed by atoms with Crippen LogP contribution in [0.1, 0.15) is 21.6 Å². The molecule has 30 heavy (non-hydrogen) atoms. The van der Waals surface area contributed by atoms with Gasteiger partial charge in [0.05, 0.1) is 24.6 Å². The van der Waals surface area contributed by atoms with Crippen LogP contribution in [-0.4, -0.2) is 60.0 Å². The number of carbonyl (C=O) groups is 1. The second-order valence-electron chi connectivity index (χ2n) is 7.67. The van der Waals surface area contributed by atoms with Crippen LogP contribution in [0.5, 0.6) is 0 Å². The van der Waals surface area contributed by atoms with Crippen molar-refractivity contribution < 1.29 is 9.53 Å². The topological polar surface area (TPSA) is 59.4 Å². The highest BCUT2D eigenvalue weighted by Gasteiger charge is 2.18. The van der Waals surface area contributed by atoms with Gasteiger partial charge in [0.2, 0.25) is 0 Å². The Morgan fingerprint density at radius 3 is 2.53 bits per heavy atom. The van der Waals surface area contributed by atoms with E-state index >= 15 is 0 Å². The normalized spacial score (nSPS) is 14.6. The van der Waals surface area contributed by atoms with Crippen molar-refractivity contribution in [1.29, 1.82) is 0 Å². The molecule has 2 aromatic carbocycles. The molecule has 0 unspecified atom stereocenters. The Bertz CT molecular complexity index is 1010.